The van der Waals surface area contributed by atoms with Crippen LogP contribution in [0, 0.1) is 12.7 Å². The fourth-order valence-electron chi connectivity index (χ4n) is 2.46. The number of likely N-dealkylation sites (tertiary alicyclic amines) is 1. The van der Waals surface area contributed by atoms with E-state index in [-0.39, 0.29) is 30.2 Å². The van der Waals surface area contributed by atoms with Crippen LogP contribution < -0.4 is 11.1 Å². The van der Waals surface area contributed by atoms with Gasteiger partial charge in [0, 0.05) is 24.7 Å². The van der Waals surface area contributed by atoms with Crippen molar-refractivity contribution in [1.82, 2.24) is 10.2 Å². The van der Waals surface area contributed by atoms with E-state index < -0.39 is 0 Å². The van der Waals surface area contributed by atoms with Crippen molar-refractivity contribution in [2.45, 2.75) is 25.8 Å². The number of rotatable bonds is 4. The van der Waals surface area contributed by atoms with E-state index in [1.807, 2.05) is 4.90 Å². The van der Waals surface area contributed by atoms with Gasteiger partial charge in [0.25, 0.3) is 5.91 Å². The van der Waals surface area contributed by atoms with Gasteiger partial charge in [-0.1, -0.05) is 6.07 Å². The average Bonchev–Trinajstić information content (AvgIpc) is 2.43. The number of amides is 2. The Labute approximate surface area is 123 Å². The molecule has 1 aliphatic rings. The Kier molecular flexibility index (Phi) is 4.90. The van der Waals surface area contributed by atoms with E-state index in [0.29, 0.717) is 11.1 Å². The number of hydrogen-bond acceptors (Lipinski definition) is 3. The summed E-state index contributed by atoms with van der Waals surface area (Å²) >= 11 is 0. The van der Waals surface area contributed by atoms with E-state index in [2.05, 4.69) is 5.32 Å². The van der Waals surface area contributed by atoms with Crippen LogP contribution in [0.15, 0.2) is 18.2 Å². The molecule has 0 atom stereocenters. The second kappa shape index (κ2) is 6.67. The van der Waals surface area contributed by atoms with Crippen molar-refractivity contribution in [3.8, 4) is 0 Å². The van der Waals surface area contributed by atoms with Crippen LogP contribution in [0.4, 0.5) is 4.39 Å². The number of aryl methyl sites for hydroxylation is 1. The van der Waals surface area contributed by atoms with Crippen LogP contribution in [0.25, 0.3) is 0 Å². The Morgan fingerprint density at radius 2 is 2.05 bits per heavy atom. The normalized spacial score (nSPS) is 16.7. The summed E-state index contributed by atoms with van der Waals surface area (Å²) in [6.45, 7) is 3.35. The molecule has 0 unspecified atom stereocenters. The fourth-order valence-corrected chi connectivity index (χ4v) is 2.46. The molecular weight excluding hydrogens is 273 g/mol. The van der Waals surface area contributed by atoms with Gasteiger partial charge >= 0.3 is 0 Å². The molecule has 0 radical (unpaired) electrons. The lowest BCUT2D eigenvalue weighted by Gasteiger charge is -2.31. The van der Waals surface area contributed by atoms with Crippen LogP contribution in [0.5, 0.6) is 0 Å². The Hall–Kier alpha value is -1.95. The van der Waals surface area contributed by atoms with Crippen molar-refractivity contribution in [1.29, 1.82) is 0 Å². The van der Waals surface area contributed by atoms with Crippen molar-refractivity contribution in [3.05, 3.63) is 35.1 Å². The van der Waals surface area contributed by atoms with Gasteiger partial charge in [0.2, 0.25) is 5.91 Å². The molecule has 0 aliphatic carbocycles. The molecule has 0 spiro atoms. The highest BCUT2D eigenvalue weighted by Crippen LogP contribution is 2.13. The quantitative estimate of drug-likeness (QED) is 0.863. The van der Waals surface area contributed by atoms with Gasteiger partial charge in [0.15, 0.2) is 0 Å². The summed E-state index contributed by atoms with van der Waals surface area (Å²) in [4.78, 5) is 24.9. The van der Waals surface area contributed by atoms with Crippen molar-refractivity contribution < 1.29 is 14.0 Å². The molecule has 5 nitrogen and oxygen atoms in total. The number of nitrogens with zero attached hydrogens (tertiary/aromatic N) is 1. The third-order valence-electron chi connectivity index (χ3n) is 3.74. The minimum absolute atomic E-state index is 0.0472. The molecule has 6 heteroatoms. The summed E-state index contributed by atoms with van der Waals surface area (Å²) in [6.07, 6.45) is 1.51. The zero-order valence-electron chi connectivity index (χ0n) is 12.1. The summed E-state index contributed by atoms with van der Waals surface area (Å²) in [7, 11) is 0. The molecule has 21 heavy (non-hydrogen) atoms. The third-order valence-corrected chi connectivity index (χ3v) is 3.74. The monoisotopic (exact) mass is 293 g/mol. The first-order valence-corrected chi connectivity index (χ1v) is 7.03. The van der Waals surface area contributed by atoms with E-state index >= 15 is 0 Å². The van der Waals surface area contributed by atoms with Gasteiger partial charge < -0.3 is 11.1 Å². The first kappa shape index (κ1) is 15.4. The van der Waals surface area contributed by atoms with Crippen LogP contribution in [0.1, 0.15) is 28.8 Å². The van der Waals surface area contributed by atoms with Gasteiger partial charge in [0.05, 0.1) is 6.54 Å². The largest absolute Gasteiger partial charge is 0.369 e. The molecule has 1 fully saturated rings. The molecule has 3 N–H and O–H groups in total. The first-order valence-electron chi connectivity index (χ1n) is 7.03. The van der Waals surface area contributed by atoms with Gasteiger partial charge in [-0.15, -0.1) is 0 Å². The summed E-state index contributed by atoms with van der Waals surface area (Å²) in [5, 5.41) is 2.91. The maximum Gasteiger partial charge on any atom is 0.251 e. The van der Waals surface area contributed by atoms with Crippen LogP contribution in [-0.2, 0) is 4.79 Å². The molecule has 0 aromatic heterocycles. The van der Waals surface area contributed by atoms with Gasteiger partial charge in [-0.2, -0.15) is 0 Å². The molecule has 1 aromatic carbocycles. The zero-order chi connectivity index (χ0) is 15.4. The second-order valence-electron chi connectivity index (χ2n) is 5.45. The fraction of sp³-hybridized carbons (Fsp3) is 0.467. The molecule has 1 heterocycles. The molecule has 1 aromatic rings. The minimum atomic E-state index is -0.376. The average molecular weight is 293 g/mol. The lowest BCUT2D eigenvalue weighted by molar-refractivity contribution is -0.119. The first-order chi connectivity index (χ1) is 9.95. The van der Waals surface area contributed by atoms with Crippen molar-refractivity contribution in [2.24, 2.45) is 5.73 Å². The van der Waals surface area contributed by atoms with E-state index in [1.165, 1.54) is 6.07 Å². The highest BCUT2D eigenvalue weighted by atomic mass is 19.1. The number of primary amides is 1. The smallest absolute Gasteiger partial charge is 0.251 e. The number of carbonyl (C=O) groups is 2. The highest BCUT2D eigenvalue weighted by Gasteiger charge is 2.22. The van der Waals surface area contributed by atoms with Crippen molar-refractivity contribution in [3.63, 3.8) is 0 Å². The third kappa shape index (κ3) is 4.26. The summed E-state index contributed by atoms with van der Waals surface area (Å²) in [5.41, 5.74) is 6.01. The molecule has 2 amide bonds. The van der Waals surface area contributed by atoms with Crippen LogP contribution >= 0.6 is 0 Å². The predicted octanol–water partition coefficient (Wildman–Crippen LogP) is 0.814. The molecule has 114 valence electrons. The molecule has 1 saturated heterocycles. The summed E-state index contributed by atoms with van der Waals surface area (Å²) in [5.74, 6) is -0.978. The van der Waals surface area contributed by atoms with Gasteiger partial charge in [-0.25, -0.2) is 4.39 Å². The maximum atomic E-state index is 13.5. The number of halogens is 1. The Morgan fingerprint density at radius 3 is 2.62 bits per heavy atom. The van der Waals surface area contributed by atoms with Crippen molar-refractivity contribution >= 4 is 11.8 Å². The number of carbonyl (C=O) groups excluding carboxylic acids is 2. The van der Waals surface area contributed by atoms with Crippen LogP contribution in [-0.4, -0.2) is 42.4 Å². The second-order valence-corrected chi connectivity index (χ2v) is 5.45. The Balaban J connectivity index is 1.86. The maximum absolute atomic E-state index is 13.5. The van der Waals surface area contributed by atoms with Crippen LogP contribution in [0.3, 0.4) is 0 Å². The molecule has 2 rings (SSSR count). The molecule has 0 saturated carbocycles. The van der Waals surface area contributed by atoms with Gasteiger partial charge in [0.1, 0.15) is 5.82 Å². The lowest BCUT2D eigenvalue weighted by atomic mass is 10.0. The lowest BCUT2D eigenvalue weighted by Crippen LogP contribution is -2.46. The van der Waals surface area contributed by atoms with E-state index in [0.717, 1.165) is 25.9 Å². The molecular formula is C15H20FN3O2. The minimum Gasteiger partial charge on any atom is -0.369 e. The predicted molar refractivity (Wildman–Crippen MR) is 77.3 cm³/mol. The molecule has 1 aliphatic heterocycles. The number of piperidine rings is 1. The zero-order valence-corrected chi connectivity index (χ0v) is 12.1. The Bertz CT molecular complexity index is 540. The molecule has 0 bridgehead atoms. The van der Waals surface area contributed by atoms with Gasteiger partial charge in [-0.3, -0.25) is 14.5 Å². The summed E-state index contributed by atoms with van der Waals surface area (Å²) in [6, 6.07) is 4.52. The summed E-state index contributed by atoms with van der Waals surface area (Å²) < 4.78 is 13.5. The van der Waals surface area contributed by atoms with Gasteiger partial charge in [-0.05, 0) is 37.5 Å². The van der Waals surface area contributed by atoms with E-state index in [4.69, 9.17) is 5.73 Å². The SMILES string of the molecule is Cc1ccc(C(=O)NC2CCN(CC(N)=O)CC2)cc1F. The van der Waals surface area contributed by atoms with Crippen molar-refractivity contribution in [2.75, 3.05) is 19.6 Å². The standard InChI is InChI=1S/C15H20FN3O2/c1-10-2-3-11(8-13(10)16)15(21)18-12-4-6-19(7-5-12)9-14(17)20/h2-3,8,12H,4-7,9H2,1H3,(H2,17,20)(H,18,21). The van der Waals surface area contributed by atoms with E-state index in [1.54, 1.807) is 19.1 Å². The number of hydrogen-bond donors (Lipinski definition) is 2. The number of benzene rings is 1. The topological polar surface area (TPSA) is 75.4 Å². The number of nitrogens with one attached hydrogen (secondary N) is 1. The van der Waals surface area contributed by atoms with E-state index in [9.17, 15) is 14.0 Å². The van der Waals surface area contributed by atoms with Crippen LogP contribution in [0.2, 0.25) is 0 Å². The highest BCUT2D eigenvalue weighted by molar-refractivity contribution is 5.94. The Morgan fingerprint density at radius 1 is 1.38 bits per heavy atom. The number of nitrogens with two attached hydrogens (primary N) is 1.